The van der Waals surface area contributed by atoms with Gasteiger partial charge in [0.2, 0.25) is 0 Å². The molecule has 1 aliphatic rings. The Labute approximate surface area is 122 Å². The summed E-state index contributed by atoms with van der Waals surface area (Å²) in [6.07, 6.45) is 1.37. The van der Waals surface area contributed by atoms with E-state index in [4.69, 9.17) is 4.42 Å². The molecule has 2 heterocycles. The number of fused-ring (bicyclic) bond motifs is 1. The average Bonchev–Trinajstić information content (AvgIpc) is 2.89. The maximum Gasteiger partial charge on any atom is 0.289 e. The van der Waals surface area contributed by atoms with Crippen LogP contribution >= 0.6 is 0 Å². The van der Waals surface area contributed by atoms with E-state index in [0.717, 1.165) is 12.8 Å². The fourth-order valence-electron chi connectivity index (χ4n) is 2.86. The molecule has 5 heteroatoms. The van der Waals surface area contributed by atoms with Crippen molar-refractivity contribution in [2.45, 2.75) is 25.9 Å². The summed E-state index contributed by atoms with van der Waals surface area (Å²) < 4.78 is 18.7. The number of aliphatic hydroxyl groups excluding tert-OH is 1. The second-order valence-corrected chi connectivity index (χ2v) is 5.69. The quantitative estimate of drug-likeness (QED) is 0.925. The van der Waals surface area contributed by atoms with Gasteiger partial charge in [-0.15, -0.1) is 0 Å². The van der Waals surface area contributed by atoms with Gasteiger partial charge in [0.15, 0.2) is 5.76 Å². The van der Waals surface area contributed by atoms with Gasteiger partial charge in [0.1, 0.15) is 11.4 Å². The highest BCUT2D eigenvalue weighted by Gasteiger charge is 2.28. The summed E-state index contributed by atoms with van der Waals surface area (Å²) in [6, 6.07) is 5.76. The number of amides is 1. The molecule has 1 aliphatic heterocycles. The standard InChI is InChI=1S/C16H18FNO3/c1-10(19)11-3-2-6-18(9-11)16(20)15-8-12-7-13(17)4-5-14(12)21-15/h4-5,7-8,10-11,19H,2-3,6,9H2,1H3. The van der Waals surface area contributed by atoms with Crippen molar-refractivity contribution in [3.05, 3.63) is 35.8 Å². The predicted octanol–water partition coefficient (Wildman–Crippen LogP) is 2.80. The first-order valence-corrected chi connectivity index (χ1v) is 7.21. The Balaban J connectivity index is 1.82. The van der Waals surface area contributed by atoms with E-state index in [9.17, 15) is 14.3 Å². The normalized spacial score (nSPS) is 20.7. The monoisotopic (exact) mass is 291 g/mol. The molecule has 0 saturated carbocycles. The van der Waals surface area contributed by atoms with Crippen LogP contribution in [0.1, 0.15) is 30.3 Å². The number of halogens is 1. The van der Waals surface area contributed by atoms with E-state index in [1.165, 1.54) is 18.2 Å². The Bertz CT molecular complexity index is 665. The molecule has 0 spiro atoms. The van der Waals surface area contributed by atoms with E-state index in [1.807, 2.05) is 0 Å². The maximum absolute atomic E-state index is 13.2. The molecule has 4 nitrogen and oxygen atoms in total. The van der Waals surface area contributed by atoms with Crippen LogP contribution in [-0.4, -0.2) is 35.1 Å². The summed E-state index contributed by atoms with van der Waals surface area (Å²) in [5.41, 5.74) is 0.504. The Hall–Kier alpha value is -1.88. The van der Waals surface area contributed by atoms with Crippen LogP contribution in [0.5, 0.6) is 0 Å². The molecule has 1 aromatic carbocycles. The molecule has 1 aromatic heterocycles. The smallest absolute Gasteiger partial charge is 0.289 e. The minimum absolute atomic E-state index is 0.101. The van der Waals surface area contributed by atoms with E-state index in [-0.39, 0.29) is 23.4 Å². The second kappa shape index (κ2) is 5.48. The molecule has 2 aromatic rings. The predicted molar refractivity (Wildman–Crippen MR) is 76.5 cm³/mol. The lowest BCUT2D eigenvalue weighted by atomic mass is 9.93. The molecule has 1 amide bonds. The van der Waals surface area contributed by atoms with Gasteiger partial charge in [-0.3, -0.25) is 4.79 Å². The SMILES string of the molecule is CC(O)C1CCCN(C(=O)c2cc3cc(F)ccc3o2)C1. The summed E-state index contributed by atoms with van der Waals surface area (Å²) >= 11 is 0. The number of hydrogen-bond acceptors (Lipinski definition) is 3. The highest BCUT2D eigenvalue weighted by Crippen LogP contribution is 2.25. The number of piperidine rings is 1. The molecule has 0 radical (unpaired) electrons. The summed E-state index contributed by atoms with van der Waals surface area (Å²) in [4.78, 5) is 14.2. The molecule has 0 bridgehead atoms. The Morgan fingerprint density at radius 3 is 3.05 bits per heavy atom. The molecule has 0 aliphatic carbocycles. The van der Waals surface area contributed by atoms with E-state index >= 15 is 0 Å². The van der Waals surface area contributed by atoms with Crippen LogP contribution < -0.4 is 0 Å². The number of benzene rings is 1. The molecule has 1 fully saturated rings. The molecule has 1 N–H and O–H groups in total. The molecular weight excluding hydrogens is 273 g/mol. The number of rotatable bonds is 2. The van der Waals surface area contributed by atoms with Crippen molar-refractivity contribution in [1.82, 2.24) is 4.90 Å². The van der Waals surface area contributed by atoms with Gasteiger partial charge in [0.25, 0.3) is 5.91 Å². The zero-order valence-electron chi connectivity index (χ0n) is 11.9. The molecule has 1 saturated heterocycles. The topological polar surface area (TPSA) is 53.7 Å². The van der Waals surface area contributed by atoms with Crippen molar-refractivity contribution in [2.24, 2.45) is 5.92 Å². The van der Waals surface area contributed by atoms with Crippen molar-refractivity contribution in [1.29, 1.82) is 0 Å². The van der Waals surface area contributed by atoms with Crippen LogP contribution in [0.3, 0.4) is 0 Å². The summed E-state index contributed by atoms with van der Waals surface area (Å²) in [5.74, 6) is -0.224. The lowest BCUT2D eigenvalue weighted by molar-refractivity contribution is 0.0444. The number of carbonyl (C=O) groups excluding carboxylic acids is 1. The first-order chi connectivity index (χ1) is 10.0. The summed E-state index contributed by atoms with van der Waals surface area (Å²) in [7, 11) is 0. The number of nitrogens with zero attached hydrogens (tertiary/aromatic N) is 1. The van der Waals surface area contributed by atoms with E-state index in [2.05, 4.69) is 0 Å². The van der Waals surface area contributed by atoms with Gasteiger partial charge in [0, 0.05) is 24.4 Å². The molecular formula is C16H18FNO3. The van der Waals surface area contributed by atoms with Crippen LogP contribution in [0, 0.1) is 11.7 Å². The third kappa shape index (κ3) is 2.78. The van der Waals surface area contributed by atoms with Gasteiger partial charge < -0.3 is 14.4 Å². The first kappa shape index (κ1) is 14.1. The van der Waals surface area contributed by atoms with Gasteiger partial charge in [-0.1, -0.05) is 0 Å². The molecule has 2 unspecified atom stereocenters. The zero-order valence-corrected chi connectivity index (χ0v) is 11.9. The van der Waals surface area contributed by atoms with Gasteiger partial charge in [-0.05, 0) is 44.0 Å². The number of furan rings is 1. The fraction of sp³-hybridized carbons (Fsp3) is 0.438. The van der Waals surface area contributed by atoms with Crippen LogP contribution in [0.25, 0.3) is 11.0 Å². The molecule has 112 valence electrons. The van der Waals surface area contributed by atoms with Crippen molar-refractivity contribution in [3.63, 3.8) is 0 Å². The minimum atomic E-state index is -0.426. The number of aliphatic hydroxyl groups is 1. The molecule has 21 heavy (non-hydrogen) atoms. The van der Waals surface area contributed by atoms with Crippen molar-refractivity contribution in [3.8, 4) is 0 Å². The van der Waals surface area contributed by atoms with E-state index < -0.39 is 6.10 Å². The van der Waals surface area contributed by atoms with E-state index in [0.29, 0.717) is 24.1 Å². The lowest BCUT2D eigenvalue weighted by Gasteiger charge is -2.33. The van der Waals surface area contributed by atoms with Gasteiger partial charge in [-0.2, -0.15) is 0 Å². The van der Waals surface area contributed by atoms with Gasteiger partial charge in [0.05, 0.1) is 6.10 Å². The van der Waals surface area contributed by atoms with Gasteiger partial charge in [-0.25, -0.2) is 4.39 Å². The maximum atomic E-state index is 13.2. The number of likely N-dealkylation sites (tertiary alicyclic amines) is 1. The van der Waals surface area contributed by atoms with Crippen molar-refractivity contribution in [2.75, 3.05) is 13.1 Å². The van der Waals surface area contributed by atoms with Crippen LogP contribution in [0.15, 0.2) is 28.7 Å². The second-order valence-electron chi connectivity index (χ2n) is 5.69. The highest BCUT2D eigenvalue weighted by molar-refractivity contribution is 5.96. The largest absolute Gasteiger partial charge is 0.451 e. The Morgan fingerprint density at radius 1 is 1.48 bits per heavy atom. The van der Waals surface area contributed by atoms with Crippen LogP contribution in [0.2, 0.25) is 0 Å². The highest BCUT2D eigenvalue weighted by atomic mass is 19.1. The number of carbonyl (C=O) groups is 1. The van der Waals surface area contributed by atoms with Crippen molar-refractivity contribution >= 4 is 16.9 Å². The first-order valence-electron chi connectivity index (χ1n) is 7.21. The zero-order chi connectivity index (χ0) is 15.0. The van der Waals surface area contributed by atoms with Gasteiger partial charge >= 0.3 is 0 Å². The minimum Gasteiger partial charge on any atom is -0.451 e. The molecule has 2 atom stereocenters. The third-order valence-corrected chi connectivity index (χ3v) is 4.12. The van der Waals surface area contributed by atoms with E-state index in [1.54, 1.807) is 17.9 Å². The molecule has 3 rings (SSSR count). The Kier molecular flexibility index (Phi) is 3.68. The summed E-state index contributed by atoms with van der Waals surface area (Å²) in [5, 5.41) is 10.3. The third-order valence-electron chi connectivity index (χ3n) is 4.12. The lowest BCUT2D eigenvalue weighted by Crippen LogP contribution is -2.42. The fourth-order valence-corrected chi connectivity index (χ4v) is 2.86. The van der Waals surface area contributed by atoms with Crippen LogP contribution in [-0.2, 0) is 0 Å². The van der Waals surface area contributed by atoms with Crippen LogP contribution in [0.4, 0.5) is 4.39 Å². The Morgan fingerprint density at radius 2 is 2.29 bits per heavy atom. The van der Waals surface area contributed by atoms with Crippen molar-refractivity contribution < 1.29 is 18.7 Å². The summed E-state index contributed by atoms with van der Waals surface area (Å²) in [6.45, 7) is 2.94. The number of hydrogen-bond donors (Lipinski definition) is 1. The average molecular weight is 291 g/mol.